The highest BCUT2D eigenvalue weighted by Crippen LogP contribution is 2.26. The molecule has 1 aromatic heterocycles. The number of hydrazone groups is 1. The van der Waals surface area contributed by atoms with E-state index in [0.717, 1.165) is 23.1 Å². The molecule has 2 heterocycles. The van der Waals surface area contributed by atoms with Crippen molar-refractivity contribution < 1.29 is 14.3 Å². The number of Topliss-reactive ketones (excluding diaryl/α,β-unsaturated/α-hetero) is 1. The van der Waals surface area contributed by atoms with Crippen LogP contribution < -0.4 is 10.3 Å². The van der Waals surface area contributed by atoms with Gasteiger partial charge in [-0.2, -0.15) is 5.10 Å². The molecular weight excluding hydrogens is 406 g/mol. The fourth-order valence-electron chi connectivity index (χ4n) is 3.82. The van der Waals surface area contributed by atoms with Gasteiger partial charge < -0.3 is 9.30 Å². The zero-order valence-corrected chi connectivity index (χ0v) is 18.3. The number of carbonyl (C=O) groups excluding carboxylic acids is 2. The van der Waals surface area contributed by atoms with Crippen LogP contribution >= 0.6 is 0 Å². The molecule has 8 heteroatoms. The van der Waals surface area contributed by atoms with Crippen LogP contribution in [-0.2, 0) is 20.9 Å². The number of aryl methyl sites for hydroxylation is 1. The maximum atomic E-state index is 13.1. The summed E-state index contributed by atoms with van der Waals surface area (Å²) in [7, 11) is 0. The molecule has 8 nitrogen and oxygen atoms in total. The number of nitrogens with one attached hydrogen (secondary N) is 1. The lowest BCUT2D eigenvalue weighted by Crippen LogP contribution is -2.33. The van der Waals surface area contributed by atoms with E-state index < -0.39 is 6.04 Å². The topological polar surface area (TPSA) is 88.8 Å². The number of fused-ring (bicyclic) bond motifs is 1. The third-order valence-electron chi connectivity index (χ3n) is 5.42. The Labute approximate surface area is 186 Å². The van der Waals surface area contributed by atoms with Gasteiger partial charge in [0.2, 0.25) is 5.95 Å². The molecule has 0 aliphatic carbocycles. The Bertz CT molecular complexity index is 1140. The second kappa shape index (κ2) is 9.74. The molecular formula is C24H27N5O3. The maximum absolute atomic E-state index is 13.1. The Morgan fingerprint density at radius 2 is 1.88 bits per heavy atom. The third-order valence-corrected chi connectivity index (χ3v) is 5.42. The van der Waals surface area contributed by atoms with E-state index in [9.17, 15) is 9.59 Å². The zero-order valence-electron chi connectivity index (χ0n) is 18.3. The Hall–Kier alpha value is -3.52. The summed E-state index contributed by atoms with van der Waals surface area (Å²) in [5, 5.41) is 9.03. The van der Waals surface area contributed by atoms with Gasteiger partial charge in [0.05, 0.1) is 16.7 Å². The number of hydrogen-bond donors (Lipinski definition) is 1. The van der Waals surface area contributed by atoms with Crippen molar-refractivity contribution in [2.45, 2.75) is 39.3 Å². The van der Waals surface area contributed by atoms with Gasteiger partial charge in [0.1, 0.15) is 11.8 Å². The van der Waals surface area contributed by atoms with Gasteiger partial charge in [-0.15, -0.1) is 0 Å². The van der Waals surface area contributed by atoms with Gasteiger partial charge in [-0.1, -0.05) is 30.3 Å². The highest BCUT2D eigenvalue weighted by Gasteiger charge is 2.34. The third kappa shape index (κ3) is 4.55. The minimum absolute atomic E-state index is 0.0384. The second-order valence-corrected chi connectivity index (χ2v) is 7.64. The smallest absolute Gasteiger partial charge is 0.274 e. The quantitative estimate of drug-likeness (QED) is 0.521. The molecule has 0 bridgehead atoms. The van der Waals surface area contributed by atoms with Crippen molar-refractivity contribution in [1.29, 1.82) is 0 Å². The molecule has 0 saturated heterocycles. The zero-order chi connectivity index (χ0) is 22.5. The number of ketones is 1. The lowest BCUT2D eigenvalue weighted by atomic mass is 10.1. The number of hydrogen-bond acceptors (Lipinski definition) is 6. The molecule has 3 aromatic rings. The van der Waals surface area contributed by atoms with Gasteiger partial charge in [0.15, 0.2) is 5.78 Å². The number of nitrogens with zero attached hydrogens (tertiary/aromatic N) is 4. The summed E-state index contributed by atoms with van der Waals surface area (Å²) in [6, 6.07) is 16.7. The van der Waals surface area contributed by atoms with Crippen LogP contribution in [0, 0.1) is 0 Å². The number of anilines is 2. The Morgan fingerprint density at radius 1 is 1.12 bits per heavy atom. The van der Waals surface area contributed by atoms with Crippen LogP contribution in [0.1, 0.15) is 26.7 Å². The Balaban J connectivity index is 1.57. The minimum Gasteiger partial charge on any atom is -0.382 e. The summed E-state index contributed by atoms with van der Waals surface area (Å²) < 4.78 is 7.44. The van der Waals surface area contributed by atoms with Crippen molar-refractivity contribution in [2.24, 2.45) is 5.10 Å². The molecule has 1 atom stereocenters. The van der Waals surface area contributed by atoms with E-state index in [4.69, 9.17) is 4.74 Å². The van der Waals surface area contributed by atoms with Crippen LogP contribution in [0.4, 0.5) is 11.6 Å². The maximum Gasteiger partial charge on any atom is 0.274 e. The highest BCUT2D eigenvalue weighted by atomic mass is 16.5. The summed E-state index contributed by atoms with van der Waals surface area (Å²) >= 11 is 0. The van der Waals surface area contributed by atoms with E-state index in [0.29, 0.717) is 31.4 Å². The Morgan fingerprint density at radius 3 is 2.62 bits per heavy atom. The largest absolute Gasteiger partial charge is 0.382 e. The molecule has 32 heavy (non-hydrogen) atoms. The lowest BCUT2D eigenvalue weighted by Gasteiger charge is -2.20. The number of ether oxygens (including phenoxy) is 1. The predicted octanol–water partition coefficient (Wildman–Crippen LogP) is 3.63. The van der Waals surface area contributed by atoms with Crippen LogP contribution in [0.2, 0.25) is 0 Å². The van der Waals surface area contributed by atoms with Crippen LogP contribution in [0.5, 0.6) is 0 Å². The highest BCUT2D eigenvalue weighted by molar-refractivity contribution is 6.44. The summed E-state index contributed by atoms with van der Waals surface area (Å²) in [6.07, 6.45) is 1.05. The molecule has 0 saturated carbocycles. The first kappa shape index (κ1) is 21.7. The number of para-hydroxylation sites is 3. The second-order valence-electron chi connectivity index (χ2n) is 7.64. The van der Waals surface area contributed by atoms with Crippen molar-refractivity contribution >= 4 is 40.1 Å². The standard InChI is InChI=1S/C24H27N5O3/c1-3-32-15-9-14-28-21-13-8-7-12-19(21)25-24(28)26-23(31)20-16-22(17(2)30)29(27-20)18-10-5-4-6-11-18/h4-8,10-13,22H,3,9,14-16H2,1-2H3,(H,25,26,31). The molecule has 0 radical (unpaired) electrons. The van der Waals surface area contributed by atoms with E-state index in [1.807, 2.05) is 66.1 Å². The van der Waals surface area contributed by atoms with E-state index in [1.54, 1.807) is 5.01 Å². The molecule has 0 fully saturated rings. The van der Waals surface area contributed by atoms with Crippen LogP contribution in [0.25, 0.3) is 11.0 Å². The summed E-state index contributed by atoms with van der Waals surface area (Å²) in [4.78, 5) is 29.9. The van der Waals surface area contributed by atoms with Crippen molar-refractivity contribution in [3.8, 4) is 0 Å². The summed E-state index contributed by atoms with van der Waals surface area (Å²) in [5.41, 5.74) is 2.83. The van der Waals surface area contributed by atoms with E-state index in [-0.39, 0.29) is 18.1 Å². The fourth-order valence-corrected chi connectivity index (χ4v) is 3.82. The molecule has 2 aromatic carbocycles. The fraction of sp³-hybridized carbons (Fsp3) is 0.333. The molecule has 4 rings (SSSR count). The SMILES string of the molecule is CCOCCCn1c(NC(=O)C2=NN(c3ccccc3)C(C(C)=O)C2)nc2ccccc21. The lowest BCUT2D eigenvalue weighted by molar-refractivity contribution is -0.118. The first-order chi connectivity index (χ1) is 15.6. The first-order valence-corrected chi connectivity index (χ1v) is 10.8. The average molecular weight is 434 g/mol. The van der Waals surface area contributed by atoms with Gasteiger partial charge in [0, 0.05) is 26.2 Å². The number of benzene rings is 2. The normalized spacial score (nSPS) is 15.8. The van der Waals surface area contributed by atoms with Gasteiger partial charge in [-0.3, -0.25) is 19.9 Å². The molecule has 1 aliphatic heterocycles. The monoisotopic (exact) mass is 433 g/mol. The molecule has 166 valence electrons. The molecule has 1 aliphatic rings. The van der Waals surface area contributed by atoms with Gasteiger partial charge in [-0.05, 0) is 44.5 Å². The van der Waals surface area contributed by atoms with Gasteiger partial charge in [-0.25, -0.2) is 4.98 Å². The summed E-state index contributed by atoms with van der Waals surface area (Å²) in [5.74, 6) is 0.0764. The first-order valence-electron chi connectivity index (χ1n) is 10.8. The number of rotatable bonds is 9. The van der Waals surface area contributed by atoms with Crippen molar-refractivity contribution in [1.82, 2.24) is 9.55 Å². The van der Waals surface area contributed by atoms with Crippen molar-refractivity contribution in [2.75, 3.05) is 23.5 Å². The number of aromatic nitrogens is 2. The summed E-state index contributed by atoms with van der Waals surface area (Å²) in [6.45, 7) is 5.45. The predicted molar refractivity (Wildman–Crippen MR) is 125 cm³/mol. The van der Waals surface area contributed by atoms with Crippen LogP contribution in [-0.4, -0.2) is 46.2 Å². The van der Waals surface area contributed by atoms with E-state index in [2.05, 4.69) is 15.4 Å². The molecule has 1 amide bonds. The Kier molecular flexibility index (Phi) is 6.61. The molecule has 0 spiro atoms. The van der Waals surface area contributed by atoms with Crippen molar-refractivity contribution in [3.63, 3.8) is 0 Å². The minimum atomic E-state index is -0.497. The average Bonchev–Trinajstić information content (AvgIpc) is 3.40. The van der Waals surface area contributed by atoms with E-state index in [1.165, 1.54) is 6.92 Å². The van der Waals surface area contributed by atoms with Gasteiger partial charge >= 0.3 is 0 Å². The van der Waals surface area contributed by atoms with Crippen LogP contribution in [0.15, 0.2) is 59.7 Å². The van der Waals surface area contributed by atoms with Crippen molar-refractivity contribution in [3.05, 3.63) is 54.6 Å². The van der Waals surface area contributed by atoms with Gasteiger partial charge in [0.25, 0.3) is 5.91 Å². The number of carbonyl (C=O) groups is 2. The van der Waals surface area contributed by atoms with Crippen LogP contribution in [0.3, 0.4) is 0 Å². The molecule has 1 unspecified atom stereocenters. The number of amides is 1. The number of imidazole rings is 1. The van der Waals surface area contributed by atoms with E-state index >= 15 is 0 Å². The molecule has 1 N–H and O–H groups in total.